The number of hydrogen-bond donors (Lipinski definition) is 2. The van der Waals surface area contributed by atoms with Gasteiger partial charge in [0.15, 0.2) is 15.7 Å². The number of anilines is 1. The Morgan fingerprint density at radius 1 is 0.742 bits per heavy atom. The number of hydrogen-bond acceptors (Lipinski definition) is 15. The van der Waals surface area contributed by atoms with E-state index >= 15 is 16.8 Å². The summed E-state index contributed by atoms with van der Waals surface area (Å²) in [6.07, 6.45) is -0.719. The Hall–Kier alpha value is -7.10. The maximum Gasteiger partial charge on any atom is 0.410 e. The Morgan fingerprint density at radius 2 is 1.26 bits per heavy atom. The highest BCUT2D eigenvalue weighted by Crippen LogP contribution is 2.44. The number of ether oxygens (including phenoxy) is 4. The lowest BCUT2D eigenvalue weighted by molar-refractivity contribution is 0.0138. The van der Waals surface area contributed by atoms with Gasteiger partial charge in [-0.1, -0.05) is 42.5 Å². The van der Waals surface area contributed by atoms with E-state index in [2.05, 4.69) is 20.5 Å². The number of carbonyl (C=O) groups excluding carboxylic acids is 2. The van der Waals surface area contributed by atoms with E-state index < -0.39 is 52.5 Å². The zero-order chi connectivity index (χ0) is 47.6. The zero-order valence-corrected chi connectivity index (χ0v) is 38.7. The van der Waals surface area contributed by atoms with Crippen molar-refractivity contribution in [2.45, 2.75) is 61.0 Å². The van der Waals surface area contributed by atoms with Crippen LogP contribution in [0.5, 0.6) is 17.2 Å². The highest BCUT2D eigenvalue weighted by Gasteiger charge is 2.46. The van der Waals surface area contributed by atoms with Crippen LogP contribution in [0.4, 0.5) is 10.6 Å². The van der Waals surface area contributed by atoms with Gasteiger partial charge in [0.1, 0.15) is 44.5 Å². The number of methoxy groups -OCH3 is 3. The minimum atomic E-state index is -5.01. The van der Waals surface area contributed by atoms with E-state index in [1.807, 2.05) is 0 Å². The van der Waals surface area contributed by atoms with E-state index in [1.165, 1.54) is 55.2 Å². The highest BCUT2D eigenvalue weighted by molar-refractivity contribution is 7.94. The standard InChI is InChI=1S/C45H49N9O10S2/c1-45(2,3)64-44(56)52-26-34(27-52)65(57,58)38-22-20-35(36-19-21-37(42(47)55)48-41(36)46)39(43-49-50-51-54(43)25-30-11-17-33(63-6)18-12-30)40(38)66(59,60)53(23-28-7-13-31(61-4)14-8-28)24-29-9-15-32(62-5)16-10-29/h7-22,34H,23-27H2,1-6H3,(H2,46,48)(H2,47,55). The molecule has 2 amide bonds. The summed E-state index contributed by atoms with van der Waals surface area (Å²) in [6, 6.07) is 25.9. The molecule has 0 spiro atoms. The molecule has 66 heavy (non-hydrogen) atoms. The lowest BCUT2D eigenvalue weighted by atomic mass is 9.99. The smallest absolute Gasteiger partial charge is 0.410 e. The number of nitrogen functional groups attached to an aromatic ring is 1. The molecule has 346 valence electrons. The van der Waals surface area contributed by atoms with Gasteiger partial charge in [0.05, 0.1) is 38.3 Å². The average Bonchev–Trinajstić information content (AvgIpc) is 3.72. The highest BCUT2D eigenvalue weighted by atomic mass is 32.2. The Labute approximate surface area is 382 Å². The number of nitrogens with zero attached hydrogens (tertiary/aromatic N) is 7. The van der Waals surface area contributed by atoms with Gasteiger partial charge < -0.3 is 35.3 Å². The summed E-state index contributed by atoms with van der Waals surface area (Å²) < 4.78 is 86.6. The van der Waals surface area contributed by atoms with Crippen LogP contribution in [0.3, 0.4) is 0 Å². The van der Waals surface area contributed by atoms with Crippen molar-refractivity contribution in [3.05, 3.63) is 119 Å². The summed E-state index contributed by atoms with van der Waals surface area (Å²) >= 11 is 0. The summed E-state index contributed by atoms with van der Waals surface area (Å²) in [5.74, 6) is 0.417. The van der Waals surface area contributed by atoms with Crippen molar-refractivity contribution in [1.82, 2.24) is 34.4 Å². The number of likely N-dealkylation sites (tertiary alicyclic amines) is 1. The van der Waals surface area contributed by atoms with E-state index in [-0.39, 0.29) is 66.8 Å². The quantitative estimate of drug-likeness (QED) is 0.130. The van der Waals surface area contributed by atoms with E-state index in [4.69, 9.17) is 30.4 Å². The molecule has 2 aromatic heterocycles. The van der Waals surface area contributed by atoms with Crippen LogP contribution in [-0.4, -0.2) is 109 Å². The molecule has 4 aromatic carbocycles. The number of tetrazole rings is 1. The summed E-state index contributed by atoms with van der Waals surface area (Å²) in [5, 5.41) is 11.3. The fraction of sp³-hybridized carbons (Fsp3) is 0.289. The first kappa shape index (κ1) is 46.9. The van der Waals surface area contributed by atoms with Crippen LogP contribution in [0.2, 0.25) is 0 Å². The minimum Gasteiger partial charge on any atom is -0.497 e. The summed E-state index contributed by atoms with van der Waals surface area (Å²) in [6.45, 7) is 4.01. The maximum absolute atomic E-state index is 16.1. The number of nitrogens with two attached hydrogens (primary N) is 2. The van der Waals surface area contributed by atoms with E-state index in [1.54, 1.807) is 93.6 Å². The van der Waals surface area contributed by atoms with Gasteiger partial charge in [0.2, 0.25) is 10.0 Å². The van der Waals surface area contributed by atoms with Crippen molar-refractivity contribution in [3.63, 3.8) is 0 Å². The fourth-order valence-electron chi connectivity index (χ4n) is 7.24. The predicted molar refractivity (Wildman–Crippen MR) is 243 cm³/mol. The van der Waals surface area contributed by atoms with Crippen LogP contribution in [-0.2, 0) is 44.2 Å². The van der Waals surface area contributed by atoms with Gasteiger partial charge >= 0.3 is 6.09 Å². The molecule has 21 heteroatoms. The second-order valence-corrected chi connectivity index (χ2v) is 20.4. The number of sulfonamides is 1. The van der Waals surface area contributed by atoms with Gasteiger partial charge in [-0.2, -0.15) is 4.31 Å². The Kier molecular flexibility index (Phi) is 13.3. The molecule has 6 aromatic rings. The van der Waals surface area contributed by atoms with E-state index in [0.717, 1.165) is 4.31 Å². The van der Waals surface area contributed by atoms with Gasteiger partial charge in [-0.25, -0.2) is 31.3 Å². The van der Waals surface area contributed by atoms with Crippen molar-refractivity contribution in [2.24, 2.45) is 5.73 Å². The minimum absolute atomic E-state index is 0.00847. The molecule has 0 atom stereocenters. The van der Waals surface area contributed by atoms with Gasteiger partial charge in [-0.3, -0.25) is 4.79 Å². The second kappa shape index (κ2) is 18.8. The summed E-state index contributed by atoms with van der Waals surface area (Å²) in [7, 11) is -5.10. The molecule has 0 bridgehead atoms. The lowest BCUT2D eigenvalue weighted by Gasteiger charge is -2.39. The molecule has 4 N–H and O–H groups in total. The SMILES string of the molecule is COc1ccc(CN(Cc2ccc(OC)cc2)S(=O)(=O)c2c(S(=O)(=O)C3CN(C(=O)OC(C)(C)C)C3)ccc(-c3ccc(C(N)=O)nc3N)c2-c2nnnn2Cc2ccc(OC)cc2)cc1. The third kappa shape index (κ3) is 9.92. The third-order valence-electron chi connectivity index (χ3n) is 10.7. The van der Waals surface area contributed by atoms with E-state index in [0.29, 0.717) is 33.9 Å². The third-order valence-corrected chi connectivity index (χ3v) is 14.9. The average molecular weight is 940 g/mol. The first-order valence-corrected chi connectivity index (χ1v) is 23.4. The van der Waals surface area contributed by atoms with Gasteiger partial charge in [-0.05, 0) is 108 Å². The molecule has 3 heterocycles. The summed E-state index contributed by atoms with van der Waals surface area (Å²) in [4.78, 5) is 29.4. The van der Waals surface area contributed by atoms with Crippen LogP contribution >= 0.6 is 0 Å². The van der Waals surface area contributed by atoms with Crippen LogP contribution in [0.25, 0.3) is 22.5 Å². The number of benzene rings is 4. The normalized spacial score (nSPS) is 13.3. The molecule has 0 unspecified atom stereocenters. The Balaban J connectivity index is 1.51. The van der Waals surface area contributed by atoms with Crippen LogP contribution in [0.1, 0.15) is 48.0 Å². The monoisotopic (exact) mass is 939 g/mol. The van der Waals surface area contributed by atoms with Gasteiger partial charge in [-0.15, -0.1) is 5.10 Å². The Morgan fingerprint density at radius 3 is 1.74 bits per heavy atom. The molecule has 0 radical (unpaired) electrons. The molecule has 1 aliphatic rings. The van der Waals surface area contributed by atoms with Crippen molar-refractivity contribution in [1.29, 1.82) is 0 Å². The van der Waals surface area contributed by atoms with Crippen molar-refractivity contribution in [2.75, 3.05) is 40.2 Å². The number of amides is 2. The number of aromatic nitrogens is 5. The number of pyridine rings is 1. The zero-order valence-electron chi connectivity index (χ0n) is 37.0. The maximum atomic E-state index is 16.1. The van der Waals surface area contributed by atoms with Crippen molar-refractivity contribution < 1.29 is 45.4 Å². The van der Waals surface area contributed by atoms with Crippen LogP contribution in [0.15, 0.2) is 107 Å². The summed E-state index contributed by atoms with van der Waals surface area (Å²) in [5.41, 5.74) is 12.8. The number of rotatable bonds is 16. The molecular weight excluding hydrogens is 891 g/mol. The van der Waals surface area contributed by atoms with Crippen LogP contribution < -0.4 is 25.7 Å². The Bertz CT molecular complexity index is 2920. The van der Waals surface area contributed by atoms with Gasteiger partial charge in [0, 0.05) is 31.7 Å². The van der Waals surface area contributed by atoms with Gasteiger partial charge in [0.25, 0.3) is 5.91 Å². The number of primary amides is 1. The predicted octanol–water partition coefficient (Wildman–Crippen LogP) is 4.94. The fourth-order valence-corrected chi connectivity index (χ4v) is 11.3. The van der Waals surface area contributed by atoms with E-state index in [9.17, 15) is 9.59 Å². The molecular formula is C45H49N9O10S2. The first-order valence-electron chi connectivity index (χ1n) is 20.4. The molecule has 1 fully saturated rings. The lowest BCUT2D eigenvalue weighted by Crippen LogP contribution is -2.57. The number of sulfone groups is 1. The molecule has 1 saturated heterocycles. The molecule has 0 aliphatic carbocycles. The molecule has 0 saturated carbocycles. The number of carbonyl (C=O) groups is 2. The van der Waals surface area contributed by atoms with Crippen molar-refractivity contribution >= 4 is 37.7 Å². The van der Waals surface area contributed by atoms with Crippen LogP contribution in [0, 0.1) is 0 Å². The topological polar surface area (TPSA) is 254 Å². The molecule has 19 nitrogen and oxygen atoms in total. The first-order chi connectivity index (χ1) is 31.3. The molecule has 7 rings (SSSR count). The second-order valence-electron chi connectivity index (χ2n) is 16.3. The van der Waals surface area contributed by atoms with Crippen molar-refractivity contribution in [3.8, 4) is 39.8 Å². The molecule has 1 aliphatic heterocycles. The largest absolute Gasteiger partial charge is 0.497 e.